The Bertz CT molecular complexity index is 1880. The molecule has 0 saturated heterocycles. The van der Waals surface area contributed by atoms with E-state index in [4.69, 9.17) is 20.8 Å². The Morgan fingerprint density at radius 3 is 2.18 bits per heavy atom. The highest BCUT2D eigenvalue weighted by Crippen LogP contribution is 2.50. The van der Waals surface area contributed by atoms with Gasteiger partial charge in [-0.2, -0.15) is 0 Å². The number of hydrogen-bond donors (Lipinski definition) is 1. The van der Waals surface area contributed by atoms with E-state index >= 15 is 0 Å². The summed E-state index contributed by atoms with van der Waals surface area (Å²) in [5, 5.41) is 7.36. The molecular weight excluding hydrogens is 664 g/mol. The van der Waals surface area contributed by atoms with Gasteiger partial charge in [0.25, 0.3) is 8.32 Å². The Hall–Kier alpha value is -3.74. The topological polar surface area (TPSA) is 43.4 Å². The van der Waals surface area contributed by atoms with E-state index in [9.17, 15) is 0 Å². The first-order chi connectivity index (χ1) is 24.7. The molecule has 4 nitrogen and oxygen atoms in total. The fourth-order valence-corrected chi connectivity index (χ4v) is 12.5. The highest BCUT2D eigenvalue weighted by molar-refractivity contribution is 6.99. The second kappa shape index (κ2) is 15.1. The lowest BCUT2D eigenvalue weighted by atomic mass is 9.93. The summed E-state index contributed by atoms with van der Waals surface area (Å²) in [6.45, 7) is 10.8. The number of nitrogens with zero attached hydrogens (tertiary/aromatic N) is 1. The fraction of sp³-hybridized carbons (Fsp3) is 0.356. The van der Waals surface area contributed by atoms with Crippen molar-refractivity contribution in [1.29, 1.82) is 0 Å². The van der Waals surface area contributed by atoms with Crippen molar-refractivity contribution in [2.75, 3.05) is 6.61 Å². The molecule has 4 aromatic carbocycles. The van der Waals surface area contributed by atoms with Crippen molar-refractivity contribution < 1.29 is 9.16 Å². The normalized spacial score (nSPS) is 16.1. The van der Waals surface area contributed by atoms with Gasteiger partial charge in [-0.3, -0.25) is 4.98 Å². The van der Waals surface area contributed by atoms with E-state index in [1.807, 2.05) is 12.4 Å². The van der Waals surface area contributed by atoms with Gasteiger partial charge in [0.05, 0.1) is 6.10 Å². The average molecular weight is 715 g/mol. The summed E-state index contributed by atoms with van der Waals surface area (Å²) in [7, 11) is -2.54. The van der Waals surface area contributed by atoms with Gasteiger partial charge in [-0.15, -0.1) is 0 Å². The van der Waals surface area contributed by atoms with Crippen LogP contribution in [0.2, 0.25) is 10.1 Å². The smallest absolute Gasteiger partial charge is 0.261 e. The lowest BCUT2D eigenvalue weighted by molar-refractivity contribution is 0.285. The minimum Gasteiger partial charge on any atom is -0.490 e. The Morgan fingerprint density at radius 1 is 0.863 bits per heavy atom. The summed E-state index contributed by atoms with van der Waals surface area (Å²) in [5.74, 6) is 1.34. The fourth-order valence-electron chi connectivity index (χ4n) is 7.68. The summed E-state index contributed by atoms with van der Waals surface area (Å²) < 4.78 is 13.5. The van der Waals surface area contributed by atoms with Crippen molar-refractivity contribution in [3.05, 3.63) is 143 Å². The van der Waals surface area contributed by atoms with Gasteiger partial charge in [-0.25, -0.2) is 0 Å². The maximum atomic E-state index is 7.19. The summed E-state index contributed by atoms with van der Waals surface area (Å²) in [4.78, 5) is 4.57. The number of aromatic nitrogens is 1. The van der Waals surface area contributed by atoms with Gasteiger partial charge in [-0.1, -0.05) is 130 Å². The molecule has 264 valence electrons. The van der Waals surface area contributed by atoms with Gasteiger partial charge in [-0.05, 0) is 100 Å². The van der Waals surface area contributed by atoms with E-state index in [1.54, 1.807) is 0 Å². The standard InChI is InChI=1S/C45H51ClN2O2Si/c1-33(14-13-29-49-51(44(2,3)4,37-15-7-5-8-16-37)38-17-9-6-10-18-38)34-21-24-42(46)35(30-34)31-48-45(26-27-45)41-32-47-28-25-39(41)40-19-11-12-20-43(40)50-36-22-23-36/h5-12,15-21,24-25,28,30,32-33,36,48H,13-14,22-23,26-27,29,31H2,1-4H3. The van der Waals surface area contributed by atoms with E-state index in [-0.39, 0.29) is 10.6 Å². The largest absolute Gasteiger partial charge is 0.490 e. The maximum Gasteiger partial charge on any atom is 0.261 e. The SMILES string of the molecule is CC(CCCO[Si](c1ccccc1)(c1ccccc1)C(C)(C)C)c1ccc(Cl)c(CNC2(c3cnccc3-c3ccccc3OC3CC3)CC2)c1. The van der Waals surface area contributed by atoms with Crippen molar-refractivity contribution in [3.8, 4) is 16.9 Å². The molecule has 6 heteroatoms. The van der Waals surface area contributed by atoms with Gasteiger partial charge >= 0.3 is 0 Å². The zero-order valence-electron chi connectivity index (χ0n) is 30.5. The van der Waals surface area contributed by atoms with Gasteiger partial charge in [0.2, 0.25) is 0 Å². The molecule has 5 aromatic rings. The van der Waals surface area contributed by atoms with Crippen molar-refractivity contribution in [1.82, 2.24) is 10.3 Å². The molecule has 0 amide bonds. The molecule has 2 fully saturated rings. The third-order valence-electron chi connectivity index (χ3n) is 10.9. The molecule has 0 radical (unpaired) electrons. The summed E-state index contributed by atoms with van der Waals surface area (Å²) in [5.41, 5.74) is 5.90. The molecule has 1 atom stereocenters. The van der Waals surface area contributed by atoms with Crippen LogP contribution in [0.3, 0.4) is 0 Å². The number of benzene rings is 4. The van der Waals surface area contributed by atoms with Crippen LogP contribution in [-0.2, 0) is 16.5 Å². The molecule has 7 rings (SSSR count). The monoisotopic (exact) mass is 714 g/mol. The molecule has 2 saturated carbocycles. The van der Waals surface area contributed by atoms with Crippen LogP contribution in [0.5, 0.6) is 5.75 Å². The van der Waals surface area contributed by atoms with Crippen LogP contribution >= 0.6 is 11.6 Å². The lowest BCUT2D eigenvalue weighted by Gasteiger charge is -2.43. The molecule has 1 unspecified atom stereocenters. The minimum absolute atomic E-state index is 0.0251. The van der Waals surface area contributed by atoms with E-state index in [0.29, 0.717) is 18.6 Å². The van der Waals surface area contributed by atoms with Gasteiger partial charge in [0.1, 0.15) is 5.75 Å². The van der Waals surface area contributed by atoms with E-state index in [1.165, 1.54) is 27.1 Å². The molecule has 51 heavy (non-hydrogen) atoms. The zero-order chi connectivity index (χ0) is 35.5. The van der Waals surface area contributed by atoms with Gasteiger partial charge in [0.15, 0.2) is 0 Å². The molecule has 1 heterocycles. The number of pyridine rings is 1. The highest BCUT2D eigenvalue weighted by atomic mass is 35.5. The number of hydrogen-bond acceptors (Lipinski definition) is 4. The first-order valence-corrected chi connectivity index (χ1v) is 21.0. The van der Waals surface area contributed by atoms with E-state index in [0.717, 1.165) is 67.0 Å². The number of para-hydroxylation sites is 1. The molecule has 2 aliphatic rings. The average Bonchev–Trinajstić information content (AvgIpc) is 4.09. The summed E-state index contributed by atoms with van der Waals surface area (Å²) in [6.07, 6.45) is 10.7. The van der Waals surface area contributed by atoms with E-state index in [2.05, 4.69) is 147 Å². The molecule has 0 bridgehead atoms. The second-order valence-corrected chi connectivity index (χ2v) is 20.3. The maximum absolute atomic E-state index is 7.19. The van der Waals surface area contributed by atoms with Gasteiger partial charge in [0, 0.05) is 41.7 Å². The number of halogens is 1. The molecule has 0 aliphatic heterocycles. The van der Waals surface area contributed by atoms with Crippen molar-refractivity contribution in [2.45, 2.75) is 95.4 Å². The van der Waals surface area contributed by atoms with Crippen LogP contribution in [-0.4, -0.2) is 26.0 Å². The highest BCUT2D eigenvalue weighted by Gasteiger charge is 2.50. The Balaban J connectivity index is 1.03. The van der Waals surface area contributed by atoms with Gasteiger partial charge < -0.3 is 14.5 Å². The van der Waals surface area contributed by atoms with Crippen molar-refractivity contribution >= 4 is 30.3 Å². The van der Waals surface area contributed by atoms with Crippen molar-refractivity contribution in [3.63, 3.8) is 0 Å². The van der Waals surface area contributed by atoms with Crippen LogP contribution in [0.4, 0.5) is 0 Å². The molecule has 0 spiro atoms. The van der Waals surface area contributed by atoms with Crippen LogP contribution in [0, 0.1) is 0 Å². The third-order valence-corrected chi connectivity index (χ3v) is 16.3. The van der Waals surface area contributed by atoms with Crippen LogP contribution in [0.1, 0.15) is 88.8 Å². The first kappa shape index (κ1) is 35.7. The minimum atomic E-state index is -2.54. The Labute approximate surface area is 310 Å². The predicted molar refractivity (Wildman–Crippen MR) is 214 cm³/mol. The quantitative estimate of drug-likeness (QED) is 0.0866. The lowest BCUT2D eigenvalue weighted by Crippen LogP contribution is -2.66. The van der Waals surface area contributed by atoms with E-state index < -0.39 is 8.32 Å². The molecule has 1 N–H and O–H groups in total. The second-order valence-electron chi connectivity index (χ2n) is 15.6. The van der Waals surface area contributed by atoms with Crippen LogP contribution < -0.4 is 20.4 Å². The Morgan fingerprint density at radius 2 is 1.53 bits per heavy atom. The number of nitrogens with one attached hydrogen (secondary N) is 1. The predicted octanol–water partition coefficient (Wildman–Crippen LogP) is 10.2. The number of rotatable bonds is 15. The van der Waals surface area contributed by atoms with Crippen LogP contribution in [0.25, 0.3) is 11.1 Å². The molecule has 2 aliphatic carbocycles. The molecule has 1 aromatic heterocycles. The third kappa shape index (κ3) is 7.73. The van der Waals surface area contributed by atoms with Crippen LogP contribution in [0.15, 0.2) is 122 Å². The summed E-state index contributed by atoms with van der Waals surface area (Å²) >= 11 is 6.85. The number of ether oxygens (including phenoxy) is 1. The summed E-state index contributed by atoms with van der Waals surface area (Å²) in [6, 6.07) is 39.0. The Kier molecular flexibility index (Phi) is 10.5. The van der Waals surface area contributed by atoms with Crippen molar-refractivity contribution in [2.24, 2.45) is 0 Å². The first-order valence-electron chi connectivity index (χ1n) is 18.7. The molecular formula is C45H51ClN2O2Si. The zero-order valence-corrected chi connectivity index (χ0v) is 32.3.